The number of aromatic amines is 2. The number of fused-ring (bicyclic) bond motifs is 1. The van der Waals surface area contributed by atoms with Crippen molar-refractivity contribution in [3.05, 3.63) is 32.7 Å². The van der Waals surface area contributed by atoms with Crippen LogP contribution in [0.25, 0.3) is 11.0 Å². The summed E-state index contributed by atoms with van der Waals surface area (Å²) < 4.78 is 12.2. The van der Waals surface area contributed by atoms with Gasteiger partial charge in [-0.15, -0.1) is 0 Å². The van der Waals surface area contributed by atoms with Crippen molar-refractivity contribution in [2.45, 2.75) is 12.1 Å². The second-order valence-corrected chi connectivity index (χ2v) is 5.60. The maximum absolute atomic E-state index is 11.4. The van der Waals surface area contributed by atoms with E-state index in [4.69, 9.17) is 9.47 Å². The van der Waals surface area contributed by atoms with Crippen molar-refractivity contribution in [3.63, 3.8) is 0 Å². The predicted octanol–water partition coefficient (Wildman–Crippen LogP) is 1.29. The van der Waals surface area contributed by atoms with Gasteiger partial charge in [0.05, 0.1) is 36.9 Å². The van der Waals surface area contributed by atoms with E-state index in [1.807, 2.05) is 19.2 Å². The zero-order valence-electron chi connectivity index (χ0n) is 11.0. The maximum atomic E-state index is 11.4. The molecular formula is C13H16BrN3O3. The van der Waals surface area contributed by atoms with E-state index >= 15 is 0 Å². The number of imidazole rings is 1. The third kappa shape index (κ3) is 2.54. The van der Waals surface area contributed by atoms with Crippen LogP contribution in [0.5, 0.6) is 0 Å². The fourth-order valence-corrected chi connectivity index (χ4v) is 3.14. The van der Waals surface area contributed by atoms with Gasteiger partial charge >= 0.3 is 5.69 Å². The van der Waals surface area contributed by atoms with Crippen LogP contribution >= 0.6 is 15.9 Å². The molecule has 1 aliphatic rings. The van der Waals surface area contributed by atoms with E-state index in [0.717, 1.165) is 21.1 Å². The Morgan fingerprint density at radius 2 is 2.10 bits per heavy atom. The number of nitrogens with one attached hydrogen (secondary N) is 3. The highest BCUT2D eigenvalue weighted by molar-refractivity contribution is 9.10. The summed E-state index contributed by atoms with van der Waals surface area (Å²) in [6, 6.07) is 3.85. The van der Waals surface area contributed by atoms with Crippen LogP contribution < -0.4 is 11.0 Å². The zero-order valence-corrected chi connectivity index (χ0v) is 12.6. The Morgan fingerprint density at radius 3 is 2.75 bits per heavy atom. The van der Waals surface area contributed by atoms with Crippen molar-refractivity contribution in [1.29, 1.82) is 0 Å². The van der Waals surface area contributed by atoms with Gasteiger partial charge in [0.15, 0.2) is 0 Å². The number of halogens is 1. The molecule has 2 heterocycles. The lowest BCUT2D eigenvalue weighted by atomic mass is 10.0. The smallest absolute Gasteiger partial charge is 0.323 e. The van der Waals surface area contributed by atoms with Gasteiger partial charge in [-0.3, -0.25) is 0 Å². The van der Waals surface area contributed by atoms with Crippen LogP contribution in [0.3, 0.4) is 0 Å². The molecule has 1 saturated heterocycles. The van der Waals surface area contributed by atoms with Crippen LogP contribution in [0.1, 0.15) is 11.6 Å². The number of ether oxygens (including phenoxy) is 2. The first-order valence-electron chi connectivity index (χ1n) is 6.47. The lowest BCUT2D eigenvalue weighted by Crippen LogP contribution is -2.39. The normalized spacial score (nSPS) is 21.2. The summed E-state index contributed by atoms with van der Waals surface area (Å²) in [6.07, 6.45) is -0.0480. The zero-order chi connectivity index (χ0) is 14.1. The highest BCUT2D eigenvalue weighted by atomic mass is 79.9. The first-order valence-corrected chi connectivity index (χ1v) is 7.26. The fourth-order valence-electron chi connectivity index (χ4n) is 2.55. The van der Waals surface area contributed by atoms with Gasteiger partial charge < -0.3 is 24.8 Å². The Kier molecular flexibility index (Phi) is 3.93. The van der Waals surface area contributed by atoms with Crippen molar-refractivity contribution in [1.82, 2.24) is 15.3 Å². The van der Waals surface area contributed by atoms with Crippen molar-refractivity contribution in [3.8, 4) is 0 Å². The number of rotatable bonds is 3. The van der Waals surface area contributed by atoms with E-state index in [2.05, 4.69) is 31.2 Å². The number of aromatic nitrogens is 2. The molecule has 2 atom stereocenters. The number of H-pyrrole nitrogens is 2. The molecule has 108 valence electrons. The molecule has 20 heavy (non-hydrogen) atoms. The van der Waals surface area contributed by atoms with E-state index in [-0.39, 0.29) is 17.8 Å². The molecule has 1 fully saturated rings. The maximum Gasteiger partial charge on any atom is 0.323 e. The molecule has 0 radical (unpaired) electrons. The largest absolute Gasteiger partial charge is 0.376 e. The first-order chi connectivity index (χ1) is 9.69. The average Bonchev–Trinajstić information content (AvgIpc) is 2.80. The van der Waals surface area contributed by atoms with Gasteiger partial charge in [0, 0.05) is 4.47 Å². The van der Waals surface area contributed by atoms with E-state index < -0.39 is 0 Å². The van der Waals surface area contributed by atoms with E-state index in [1.54, 1.807) is 0 Å². The quantitative estimate of drug-likeness (QED) is 0.786. The van der Waals surface area contributed by atoms with Gasteiger partial charge in [-0.2, -0.15) is 0 Å². The summed E-state index contributed by atoms with van der Waals surface area (Å²) >= 11 is 3.56. The average molecular weight is 342 g/mol. The molecule has 1 aliphatic heterocycles. The molecule has 0 saturated carbocycles. The highest BCUT2D eigenvalue weighted by Gasteiger charge is 2.27. The lowest BCUT2D eigenvalue weighted by molar-refractivity contribution is -0.101. The molecule has 0 spiro atoms. The van der Waals surface area contributed by atoms with Crippen LogP contribution in [-0.4, -0.2) is 42.9 Å². The minimum Gasteiger partial charge on any atom is -0.376 e. The highest BCUT2D eigenvalue weighted by Crippen LogP contribution is 2.30. The van der Waals surface area contributed by atoms with Crippen molar-refractivity contribution < 1.29 is 9.47 Å². The Morgan fingerprint density at radius 1 is 1.35 bits per heavy atom. The van der Waals surface area contributed by atoms with Gasteiger partial charge in [0.2, 0.25) is 0 Å². The van der Waals surface area contributed by atoms with Gasteiger partial charge in [0.1, 0.15) is 6.10 Å². The first kappa shape index (κ1) is 13.8. The molecule has 2 unspecified atom stereocenters. The minimum absolute atomic E-state index is 0.00697. The van der Waals surface area contributed by atoms with Crippen molar-refractivity contribution in [2.24, 2.45) is 0 Å². The minimum atomic E-state index is -0.206. The fraction of sp³-hybridized carbons (Fsp3) is 0.462. The Bertz CT molecular complexity index is 660. The topological polar surface area (TPSA) is 79.1 Å². The van der Waals surface area contributed by atoms with Crippen LogP contribution in [0.2, 0.25) is 0 Å². The van der Waals surface area contributed by atoms with E-state index in [1.165, 1.54) is 0 Å². The Hall–Kier alpha value is -1.15. The number of benzene rings is 1. The molecule has 1 aromatic carbocycles. The third-order valence-electron chi connectivity index (χ3n) is 3.49. The third-order valence-corrected chi connectivity index (χ3v) is 4.18. The second-order valence-electron chi connectivity index (χ2n) is 4.75. The predicted molar refractivity (Wildman–Crippen MR) is 79.0 cm³/mol. The van der Waals surface area contributed by atoms with Gasteiger partial charge in [-0.1, -0.05) is 15.9 Å². The number of likely N-dealkylation sites (N-methyl/N-ethyl adjacent to an activating group) is 1. The van der Waals surface area contributed by atoms with Gasteiger partial charge in [-0.05, 0) is 24.7 Å². The number of hydrogen-bond donors (Lipinski definition) is 3. The molecule has 6 nitrogen and oxygen atoms in total. The molecule has 0 aliphatic carbocycles. The molecule has 3 rings (SSSR count). The molecule has 7 heteroatoms. The Balaban J connectivity index is 2.01. The van der Waals surface area contributed by atoms with Crippen molar-refractivity contribution >= 4 is 27.0 Å². The summed E-state index contributed by atoms with van der Waals surface area (Å²) in [7, 11) is 1.89. The van der Waals surface area contributed by atoms with Gasteiger partial charge in [0.25, 0.3) is 0 Å². The standard InChI is InChI=1S/C13H16BrN3O3/c1-15-12(11-6-19-2-3-20-11)7-4-9-10(5-8(7)14)17-13(18)16-9/h4-5,11-12,15H,2-3,6H2,1H3,(H2,16,17,18). The summed E-state index contributed by atoms with van der Waals surface area (Å²) in [5.74, 6) is 0. The molecule has 1 aromatic heterocycles. The molecule has 0 bridgehead atoms. The second kappa shape index (κ2) is 5.69. The van der Waals surface area contributed by atoms with Crippen molar-refractivity contribution in [2.75, 3.05) is 26.9 Å². The summed E-state index contributed by atoms with van der Waals surface area (Å²) in [5.41, 5.74) is 2.39. The van der Waals surface area contributed by atoms with Crippen LogP contribution in [0.4, 0.5) is 0 Å². The number of hydrogen-bond acceptors (Lipinski definition) is 4. The van der Waals surface area contributed by atoms with Crippen LogP contribution in [0.15, 0.2) is 21.4 Å². The Labute approximate surface area is 124 Å². The van der Waals surface area contributed by atoms with Gasteiger partial charge in [-0.25, -0.2) is 4.79 Å². The SMILES string of the molecule is CNC(c1cc2[nH]c(=O)[nH]c2cc1Br)C1COCCO1. The van der Waals surface area contributed by atoms with E-state index in [0.29, 0.717) is 19.8 Å². The molecule has 3 N–H and O–H groups in total. The van der Waals surface area contributed by atoms with E-state index in [9.17, 15) is 4.79 Å². The molecule has 0 amide bonds. The molecular weight excluding hydrogens is 326 g/mol. The van der Waals surface area contributed by atoms with Crippen LogP contribution in [0, 0.1) is 0 Å². The summed E-state index contributed by atoms with van der Waals surface area (Å²) in [4.78, 5) is 16.9. The van der Waals surface area contributed by atoms with Crippen LogP contribution in [-0.2, 0) is 9.47 Å². The lowest BCUT2D eigenvalue weighted by Gasteiger charge is -2.31. The molecule has 2 aromatic rings. The monoisotopic (exact) mass is 341 g/mol. The summed E-state index contributed by atoms with van der Waals surface area (Å²) in [6.45, 7) is 1.79. The summed E-state index contributed by atoms with van der Waals surface area (Å²) in [5, 5.41) is 3.26.